The monoisotopic (exact) mass is 307 g/mol. The van der Waals surface area contributed by atoms with E-state index in [-0.39, 0.29) is 0 Å². The molecule has 0 bridgehead atoms. The molecule has 0 spiro atoms. The van der Waals surface area contributed by atoms with Gasteiger partial charge >= 0.3 is 5.97 Å². The molecule has 18 heavy (non-hydrogen) atoms. The van der Waals surface area contributed by atoms with Crippen LogP contribution in [0.1, 0.15) is 21.6 Å². The average Bonchev–Trinajstić information content (AvgIpc) is 2.67. The number of halogens is 1. The first-order chi connectivity index (χ1) is 8.41. The van der Waals surface area contributed by atoms with Crippen molar-refractivity contribution < 1.29 is 9.90 Å². The van der Waals surface area contributed by atoms with Crippen LogP contribution in [0.25, 0.3) is 11.3 Å². The summed E-state index contributed by atoms with van der Waals surface area (Å²) in [5.41, 5.74) is 4.52. The molecule has 1 aromatic carbocycles. The summed E-state index contributed by atoms with van der Waals surface area (Å²) >= 11 is 3.53. The van der Waals surface area contributed by atoms with Gasteiger partial charge in [-0.2, -0.15) is 0 Å². The van der Waals surface area contributed by atoms with Crippen molar-refractivity contribution in [2.45, 2.75) is 13.8 Å². The molecule has 0 aliphatic carbocycles. The first-order valence-electron chi connectivity index (χ1n) is 5.58. The van der Waals surface area contributed by atoms with Gasteiger partial charge < -0.3 is 9.67 Å². The third-order valence-electron chi connectivity index (χ3n) is 3.07. The summed E-state index contributed by atoms with van der Waals surface area (Å²) in [6.07, 6.45) is 0. The van der Waals surface area contributed by atoms with Crippen LogP contribution < -0.4 is 0 Å². The molecule has 0 radical (unpaired) electrons. The molecule has 0 unspecified atom stereocenters. The Hall–Kier alpha value is -1.55. The maximum atomic E-state index is 11.0. The minimum Gasteiger partial charge on any atom is -0.477 e. The highest BCUT2D eigenvalue weighted by molar-refractivity contribution is 9.10. The van der Waals surface area contributed by atoms with Crippen molar-refractivity contribution in [3.8, 4) is 11.3 Å². The fourth-order valence-corrected chi connectivity index (χ4v) is 2.34. The van der Waals surface area contributed by atoms with Crippen LogP contribution in [0.2, 0.25) is 0 Å². The summed E-state index contributed by atoms with van der Waals surface area (Å²) in [5, 5.41) is 9.05. The van der Waals surface area contributed by atoms with E-state index in [2.05, 4.69) is 28.1 Å². The summed E-state index contributed by atoms with van der Waals surface area (Å²) in [6.45, 7) is 4.06. The van der Waals surface area contributed by atoms with Crippen molar-refractivity contribution in [1.29, 1.82) is 0 Å². The van der Waals surface area contributed by atoms with Gasteiger partial charge in [0, 0.05) is 17.2 Å². The largest absolute Gasteiger partial charge is 0.477 e. The highest BCUT2D eigenvalue weighted by Crippen LogP contribution is 2.29. The molecular formula is C14H14BrNO2. The molecule has 0 saturated heterocycles. The molecule has 4 heteroatoms. The lowest BCUT2D eigenvalue weighted by Crippen LogP contribution is -2.05. The Labute approximate surface area is 114 Å². The van der Waals surface area contributed by atoms with Crippen LogP contribution in [0.3, 0.4) is 0 Å². The lowest BCUT2D eigenvalue weighted by molar-refractivity contribution is 0.0687. The zero-order chi connectivity index (χ0) is 13.4. The number of aromatic carboxylic acids is 1. The van der Waals surface area contributed by atoms with E-state index >= 15 is 0 Å². The first kappa shape index (κ1) is 12.9. The maximum Gasteiger partial charge on any atom is 0.352 e. The van der Waals surface area contributed by atoms with Crippen molar-refractivity contribution in [3.63, 3.8) is 0 Å². The number of rotatable bonds is 2. The lowest BCUT2D eigenvalue weighted by Gasteiger charge is -2.10. The molecule has 0 amide bonds. The lowest BCUT2D eigenvalue weighted by atomic mass is 10.1. The summed E-state index contributed by atoms with van der Waals surface area (Å²) < 4.78 is 2.80. The molecule has 1 N–H and O–H groups in total. The van der Waals surface area contributed by atoms with Gasteiger partial charge in [-0.15, -0.1) is 0 Å². The molecule has 0 saturated carbocycles. The molecule has 94 valence electrons. The minimum atomic E-state index is -0.908. The first-order valence-corrected chi connectivity index (χ1v) is 6.37. The van der Waals surface area contributed by atoms with Crippen molar-refractivity contribution in [1.82, 2.24) is 4.57 Å². The Kier molecular flexibility index (Phi) is 3.30. The summed E-state index contributed by atoms with van der Waals surface area (Å²) in [5.74, 6) is -0.908. The van der Waals surface area contributed by atoms with Gasteiger partial charge in [0.15, 0.2) is 0 Å². The fourth-order valence-electron chi connectivity index (χ4n) is 2.11. The highest BCUT2D eigenvalue weighted by atomic mass is 79.9. The van der Waals surface area contributed by atoms with E-state index in [1.807, 2.05) is 19.9 Å². The van der Waals surface area contributed by atoms with Crippen LogP contribution in [0, 0.1) is 13.8 Å². The molecule has 0 aliphatic rings. The quantitative estimate of drug-likeness (QED) is 0.917. The molecule has 1 heterocycles. The average molecular weight is 308 g/mol. The Morgan fingerprint density at radius 1 is 1.22 bits per heavy atom. The molecule has 0 atom stereocenters. The van der Waals surface area contributed by atoms with E-state index in [9.17, 15) is 4.79 Å². The summed E-state index contributed by atoms with van der Waals surface area (Å²) in [4.78, 5) is 11.0. The second-order valence-electron chi connectivity index (χ2n) is 4.39. The molecule has 2 aromatic rings. The number of carboxylic acids is 1. The molecule has 3 nitrogen and oxygen atoms in total. The number of benzene rings is 1. The van der Waals surface area contributed by atoms with E-state index in [0.29, 0.717) is 5.69 Å². The number of nitrogens with zero attached hydrogens (tertiary/aromatic N) is 1. The second-order valence-corrected chi connectivity index (χ2v) is 5.19. The van der Waals surface area contributed by atoms with Crippen molar-refractivity contribution >= 4 is 21.9 Å². The summed E-state index contributed by atoms with van der Waals surface area (Å²) in [6, 6.07) is 7.58. The van der Waals surface area contributed by atoms with Gasteiger partial charge in [-0.25, -0.2) is 4.79 Å². The zero-order valence-corrected chi connectivity index (χ0v) is 12.1. The number of carboxylic acid groups (broad SMARTS) is 1. The molecule has 0 aliphatic heterocycles. The van der Waals surface area contributed by atoms with E-state index in [4.69, 9.17) is 5.11 Å². The van der Waals surface area contributed by atoms with Crippen LogP contribution in [0.4, 0.5) is 0 Å². The van der Waals surface area contributed by atoms with E-state index < -0.39 is 5.97 Å². The SMILES string of the molecule is Cc1cc(-c2ccc(C(=O)O)n2C)cc(C)c1Br. The zero-order valence-electron chi connectivity index (χ0n) is 10.5. The molecule has 2 rings (SSSR count). The van der Waals surface area contributed by atoms with Gasteiger partial charge in [0.1, 0.15) is 5.69 Å². The molecule has 1 aromatic heterocycles. The van der Waals surface area contributed by atoms with Crippen LogP contribution in [-0.2, 0) is 7.05 Å². The number of carbonyl (C=O) groups is 1. The standard InChI is InChI=1S/C14H14BrNO2/c1-8-6-10(7-9(2)13(8)15)11-4-5-12(14(17)18)16(11)3/h4-7H,1-3H3,(H,17,18). The van der Waals surface area contributed by atoms with Gasteiger partial charge in [-0.05, 0) is 54.8 Å². The van der Waals surface area contributed by atoms with Crippen LogP contribution in [0.5, 0.6) is 0 Å². The number of hydrogen-bond donors (Lipinski definition) is 1. The van der Waals surface area contributed by atoms with Gasteiger partial charge in [0.2, 0.25) is 0 Å². The second kappa shape index (κ2) is 4.61. The third kappa shape index (κ3) is 2.08. The predicted octanol–water partition coefficient (Wildman–Crippen LogP) is 3.77. The van der Waals surface area contributed by atoms with Crippen LogP contribution >= 0.6 is 15.9 Å². The van der Waals surface area contributed by atoms with E-state index in [1.54, 1.807) is 17.7 Å². The van der Waals surface area contributed by atoms with Crippen molar-refractivity contribution in [3.05, 3.63) is 45.6 Å². The topological polar surface area (TPSA) is 42.2 Å². The maximum absolute atomic E-state index is 11.0. The van der Waals surface area contributed by atoms with Gasteiger partial charge in [-0.3, -0.25) is 0 Å². The van der Waals surface area contributed by atoms with Gasteiger partial charge in [-0.1, -0.05) is 15.9 Å². The minimum absolute atomic E-state index is 0.295. The van der Waals surface area contributed by atoms with Gasteiger partial charge in [0.25, 0.3) is 0 Å². The third-order valence-corrected chi connectivity index (χ3v) is 4.32. The Morgan fingerprint density at radius 3 is 2.22 bits per heavy atom. The molecular weight excluding hydrogens is 294 g/mol. The van der Waals surface area contributed by atoms with Crippen LogP contribution in [-0.4, -0.2) is 15.6 Å². The Morgan fingerprint density at radius 2 is 1.78 bits per heavy atom. The fraction of sp³-hybridized carbons (Fsp3) is 0.214. The smallest absolute Gasteiger partial charge is 0.352 e. The Balaban J connectivity index is 2.59. The summed E-state index contributed by atoms with van der Waals surface area (Å²) in [7, 11) is 1.77. The van der Waals surface area contributed by atoms with E-state index in [0.717, 1.165) is 26.9 Å². The van der Waals surface area contributed by atoms with Crippen molar-refractivity contribution in [2.75, 3.05) is 0 Å². The van der Waals surface area contributed by atoms with Crippen molar-refractivity contribution in [2.24, 2.45) is 7.05 Å². The number of aryl methyl sites for hydroxylation is 2. The number of hydrogen-bond acceptors (Lipinski definition) is 1. The molecule has 0 fully saturated rings. The normalized spacial score (nSPS) is 10.7. The number of aromatic nitrogens is 1. The van der Waals surface area contributed by atoms with Gasteiger partial charge in [0.05, 0.1) is 0 Å². The van der Waals surface area contributed by atoms with Crippen LogP contribution in [0.15, 0.2) is 28.7 Å². The highest BCUT2D eigenvalue weighted by Gasteiger charge is 2.13. The predicted molar refractivity (Wildman–Crippen MR) is 75.0 cm³/mol. The van der Waals surface area contributed by atoms with E-state index in [1.165, 1.54) is 0 Å². The Bertz CT molecular complexity index is 606.